The molecule has 1 aliphatic heterocycles. The van der Waals surface area contributed by atoms with Gasteiger partial charge in [-0.3, -0.25) is 0 Å². The van der Waals surface area contributed by atoms with Crippen LogP contribution in [-0.4, -0.2) is 9.97 Å². The van der Waals surface area contributed by atoms with E-state index in [0.717, 1.165) is 63.4 Å². The average Bonchev–Trinajstić information content (AvgIpc) is 3.21. The van der Waals surface area contributed by atoms with Gasteiger partial charge in [0, 0.05) is 22.3 Å². The lowest BCUT2D eigenvalue weighted by atomic mass is 9.88. The van der Waals surface area contributed by atoms with E-state index in [2.05, 4.69) is 158 Å². The minimum absolute atomic E-state index is 0.575. The van der Waals surface area contributed by atoms with Crippen molar-refractivity contribution in [3.8, 4) is 73.0 Å². The number of benzene rings is 6. The standard InChI is InChI=1S/C47H34N2O/c1-3-11-32(12-4-1)34-21-27-37(28-22-34)47-48-43(30-44(49-47)39-16-9-15-38(29-39)33-13-5-2-6-14-33)36-25-23-35(24-26-36)41-19-10-17-40-31-50-45-20-8-7-18-42(45)46(40)41/h2-3,5-30H,1,4,31H2. The van der Waals surface area contributed by atoms with Gasteiger partial charge in [-0.25, -0.2) is 9.97 Å². The first kappa shape index (κ1) is 29.8. The highest BCUT2D eigenvalue weighted by molar-refractivity contribution is 5.89. The normalized spacial score (nSPS) is 13.2. The maximum Gasteiger partial charge on any atom is 0.160 e. The molecule has 2 heterocycles. The van der Waals surface area contributed by atoms with Crippen LogP contribution in [0, 0.1) is 0 Å². The van der Waals surface area contributed by atoms with Gasteiger partial charge in [0.1, 0.15) is 12.4 Å². The van der Waals surface area contributed by atoms with Crippen LogP contribution in [0.1, 0.15) is 24.0 Å². The smallest absolute Gasteiger partial charge is 0.160 e. The summed E-state index contributed by atoms with van der Waals surface area (Å²) in [6, 6.07) is 53.5. The van der Waals surface area contributed by atoms with Crippen molar-refractivity contribution in [2.45, 2.75) is 19.4 Å². The van der Waals surface area contributed by atoms with Gasteiger partial charge in [0.05, 0.1) is 11.4 Å². The van der Waals surface area contributed by atoms with Crippen LogP contribution in [0.25, 0.3) is 72.9 Å². The first-order chi connectivity index (χ1) is 24.8. The van der Waals surface area contributed by atoms with E-state index in [9.17, 15) is 0 Å². The summed E-state index contributed by atoms with van der Waals surface area (Å²) in [6.45, 7) is 0.575. The molecule has 0 spiro atoms. The first-order valence-corrected chi connectivity index (χ1v) is 17.2. The van der Waals surface area contributed by atoms with Crippen LogP contribution in [-0.2, 0) is 6.61 Å². The molecule has 9 rings (SSSR count). The van der Waals surface area contributed by atoms with Crippen LogP contribution >= 0.6 is 0 Å². The van der Waals surface area contributed by atoms with Gasteiger partial charge in [-0.2, -0.15) is 0 Å². The van der Waals surface area contributed by atoms with E-state index in [1.807, 2.05) is 12.1 Å². The highest BCUT2D eigenvalue weighted by atomic mass is 16.5. The van der Waals surface area contributed by atoms with Crippen LogP contribution in [0.3, 0.4) is 0 Å². The predicted molar refractivity (Wildman–Crippen MR) is 205 cm³/mol. The molecule has 7 aromatic rings. The molecule has 238 valence electrons. The quantitative estimate of drug-likeness (QED) is 0.181. The summed E-state index contributed by atoms with van der Waals surface area (Å²) in [5, 5.41) is 0. The van der Waals surface area contributed by atoms with Crippen molar-refractivity contribution in [2.24, 2.45) is 0 Å². The van der Waals surface area contributed by atoms with E-state index in [4.69, 9.17) is 14.7 Å². The summed E-state index contributed by atoms with van der Waals surface area (Å²) in [4.78, 5) is 10.3. The maximum atomic E-state index is 6.06. The Labute approximate surface area is 292 Å². The van der Waals surface area contributed by atoms with Crippen LogP contribution in [0.5, 0.6) is 5.75 Å². The van der Waals surface area contributed by atoms with E-state index < -0.39 is 0 Å². The second-order valence-corrected chi connectivity index (χ2v) is 12.8. The van der Waals surface area contributed by atoms with E-state index in [1.54, 1.807) is 0 Å². The molecule has 0 unspecified atom stereocenters. The Morgan fingerprint density at radius 1 is 0.460 bits per heavy atom. The highest BCUT2D eigenvalue weighted by Crippen LogP contribution is 2.43. The average molecular weight is 643 g/mol. The number of hydrogen-bond acceptors (Lipinski definition) is 3. The van der Waals surface area contributed by atoms with Gasteiger partial charge in [0.2, 0.25) is 0 Å². The predicted octanol–water partition coefficient (Wildman–Crippen LogP) is 12.1. The number of ether oxygens (including phenoxy) is 1. The highest BCUT2D eigenvalue weighted by Gasteiger charge is 2.21. The molecular weight excluding hydrogens is 609 g/mol. The largest absolute Gasteiger partial charge is 0.488 e. The number of para-hydroxylation sites is 1. The van der Waals surface area contributed by atoms with E-state index in [1.165, 1.54) is 33.4 Å². The van der Waals surface area contributed by atoms with Crippen molar-refractivity contribution in [2.75, 3.05) is 0 Å². The number of fused-ring (bicyclic) bond motifs is 3. The third kappa shape index (κ3) is 5.73. The van der Waals surface area contributed by atoms with E-state index in [-0.39, 0.29) is 0 Å². The van der Waals surface area contributed by atoms with Gasteiger partial charge >= 0.3 is 0 Å². The van der Waals surface area contributed by atoms with Gasteiger partial charge in [0.15, 0.2) is 5.82 Å². The second kappa shape index (κ2) is 12.9. The van der Waals surface area contributed by atoms with Crippen LogP contribution in [0.4, 0.5) is 0 Å². The zero-order valence-electron chi connectivity index (χ0n) is 27.6. The summed E-state index contributed by atoms with van der Waals surface area (Å²) < 4.78 is 6.06. The fourth-order valence-electron chi connectivity index (χ4n) is 7.05. The second-order valence-electron chi connectivity index (χ2n) is 12.8. The number of nitrogens with zero attached hydrogens (tertiary/aromatic N) is 2. The van der Waals surface area contributed by atoms with Crippen molar-refractivity contribution in [3.63, 3.8) is 0 Å². The Kier molecular flexibility index (Phi) is 7.71. The lowest BCUT2D eigenvalue weighted by Gasteiger charge is -2.23. The molecule has 3 nitrogen and oxygen atoms in total. The van der Waals surface area contributed by atoms with Crippen molar-refractivity contribution in [1.29, 1.82) is 0 Å². The Hall–Kier alpha value is -6.32. The molecular formula is C47H34N2O. The summed E-state index contributed by atoms with van der Waals surface area (Å²) in [6.07, 6.45) is 8.96. The van der Waals surface area contributed by atoms with Crippen LogP contribution in [0.2, 0.25) is 0 Å². The lowest BCUT2D eigenvalue weighted by molar-refractivity contribution is 0.302. The zero-order chi connectivity index (χ0) is 33.3. The van der Waals surface area contributed by atoms with Crippen molar-refractivity contribution in [1.82, 2.24) is 9.97 Å². The van der Waals surface area contributed by atoms with E-state index >= 15 is 0 Å². The van der Waals surface area contributed by atoms with Gasteiger partial charge in [0.25, 0.3) is 0 Å². The molecule has 0 atom stereocenters. The topological polar surface area (TPSA) is 35.0 Å². The summed E-state index contributed by atoms with van der Waals surface area (Å²) in [7, 11) is 0. The Bertz CT molecular complexity index is 2400. The monoisotopic (exact) mass is 642 g/mol. The Balaban J connectivity index is 1.13. The van der Waals surface area contributed by atoms with Crippen molar-refractivity contribution in [3.05, 3.63) is 181 Å². The van der Waals surface area contributed by atoms with Gasteiger partial charge in [-0.1, -0.05) is 152 Å². The minimum atomic E-state index is 0.575. The molecule has 0 N–H and O–H groups in total. The molecule has 50 heavy (non-hydrogen) atoms. The molecule has 2 aliphatic rings. The summed E-state index contributed by atoms with van der Waals surface area (Å²) >= 11 is 0. The number of rotatable bonds is 6. The van der Waals surface area contributed by atoms with Gasteiger partial charge in [-0.05, 0) is 75.6 Å². The van der Waals surface area contributed by atoms with Gasteiger partial charge in [-0.15, -0.1) is 0 Å². The fourth-order valence-corrected chi connectivity index (χ4v) is 7.05. The molecule has 0 bridgehead atoms. The SMILES string of the molecule is C1=CC(c2ccc(-c3nc(-c4ccc(-c5cccc6c5-c5ccccc5OC6)cc4)cc(-c4cccc(-c5ccccc5)c4)n3)cc2)=CCC1. The molecule has 1 aliphatic carbocycles. The molecule has 0 saturated carbocycles. The molecule has 1 aromatic heterocycles. The molecule has 3 heteroatoms. The third-order valence-corrected chi connectivity index (χ3v) is 9.65. The van der Waals surface area contributed by atoms with Crippen LogP contribution in [0.15, 0.2) is 170 Å². The first-order valence-electron chi connectivity index (χ1n) is 17.2. The lowest BCUT2D eigenvalue weighted by Crippen LogP contribution is -2.06. The number of aromatic nitrogens is 2. The molecule has 0 amide bonds. The Morgan fingerprint density at radius 2 is 1.12 bits per heavy atom. The van der Waals surface area contributed by atoms with Crippen molar-refractivity contribution >= 4 is 5.57 Å². The minimum Gasteiger partial charge on any atom is -0.488 e. The fraction of sp³-hybridized carbons (Fsp3) is 0.0638. The molecule has 0 saturated heterocycles. The van der Waals surface area contributed by atoms with Gasteiger partial charge < -0.3 is 4.74 Å². The number of allylic oxidation sites excluding steroid dienone is 4. The Morgan fingerprint density at radius 3 is 1.94 bits per heavy atom. The number of hydrogen-bond donors (Lipinski definition) is 0. The summed E-state index contributed by atoms with van der Waals surface area (Å²) in [5.41, 5.74) is 15.6. The third-order valence-electron chi connectivity index (χ3n) is 9.65. The maximum absolute atomic E-state index is 6.06. The zero-order valence-corrected chi connectivity index (χ0v) is 27.6. The molecule has 0 radical (unpaired) electrons. The summed E-state index contributed by atoms with van der Waals surface area (Å²) in [5.74, 6) is 1.64. The molecule has 6 aromatic carbocycles. The van der Waals surface area contributed by atoms with E-state index in [0.29, 0.717) is 12.4 Å². The van der Waals surface area contributed by atoms with Crippen molar-refractivity contribution < 1.29 is 4.74 Å². The molecule has 0 fully saturated rings. The van der Waals surface area contributed by atoms with Crippen LogP contribution < -0.4 is 4.74 Å².